The standard InChI is InChI=1S/C18H28N2/c1-6-13-20(14-7-2)17(15-19-18(3,4)5)16-11-9-8-10-12-16/h1,8-12,17,19H,7,13-15H2,2-5H3. The van der Waals surface area contributed by atoms with Crippen LogP contribution in [-0.2, 0) is 0 Å². The number of nitrogens with zero attached hydrogens (tertiary/aromatic N) is 1. The van der Waals surface area contributed by atoms with E-state index in [1.54, 1.807) is 0 Å². The van der Waals surface area contributed by atoms with Gasteiger partial charge >= 0.3 is 0 Å². The molecule has 1 unspecified atom stereocenters. The topological polar surface area (TPSA) is 15.3 Å². The Labute approximate surface area is 124 Å². The van der Waals surface area contributed by atoms with Crippen molar-refractivity contribution in [1.29, 1.82) is 0 Å². The molecule has 1 N–H and O–H groups in total. The summed E-state index contributed by atoms with van der Waals surface area (Å²) in [6, 6.07) is 11.0. The first-order chi connectivity index (χ1) is 9.48. The molecule has 2 heteroatoms. The molecule has 0 aliphatic rings. The van der Waals surface area contributed by atoms with Crippen LogP contribution in [0, 0.1) is 12.3 Å². The van der Waals surface area contributed by atoms with E-state index in [0.29, 0.717) is 12.6 Å². The lowest BCUT2D eigenvalue weighted by Gasteiger charge is -2.33. The predicted molar refractivity (Wildman–Crippen MR) is 87.6 cm³/mol. The molecule has 0 spiro atoms. The van der Waals surface area contributed by atoms with Crippen molar-refractivity contribution in [1.82, 2.24) is 10.2 Å². The van der Waals surface area contributed by atoms with Gasteiger partial charge in [-0.3, -0.25) is 4.90 Å². The molecular weight excluding hydrogens is 244 g/mol. The van der Waals surface area contributed by atoms with Crippen LogP contribution in [-0.4, -0.2) is 30.1 Å². The maximum atomic E-state index is 5.55. The van der Waals surface area contributed by atoms with Gasteiger partial charge in [0.25, 0.3) is 0 Å². The molecule has 20 heavy (non-hydrogen) atoms. The molecule has 0 bridgehead atoms. The van der Waals surface area contributed by atoms with Crippen molar-refractivity contribution >= 4 is 0 Å². The quantitative estimate of drug-likeness (QED) is 0.765. The maximum Gasteiger partial charge on any atom is 0.0604 e. The van der Waals surface area contributed by atoms with Crippen LogP contribution in [0.2, 0.25) is 0 Å². The minimum Gasteiger partial charge on any atom is -0.310 e. The van der Waals surface area contributed by atoms with E-state index >= 15 is 0 Å². The van der Waals surface area contributed by atoms with Crippen LogP contribution in [0.3, 0.4) is 0 Å². The van der Waals surface area contributed by atoms with Gasteiger partial charge < -0.3 is 5.32 Å². The molecule has 0 saturated carbocycles. The molecule has 0 saturated heterocycles. The molecule has 0 fully saturated rings. The number of nitrogens with one attached hydrogen (secondary N) is 1. The molecule has 1 aromatic rings. The van der Waals surface area contributed by atoms with E-state index in [-0.39, 0.29) is 5.54 Å². The molecule has 0 aromatic heterocycles. The van der Waals surface area contributed by atoms with Gasteiger partial charge in [0.1, 0.15) is 0 Å². The molecule has 1 aromatic carbocycles. The number of rotatable bonds is 7. The molecule has 0 aliphatic heterocycles. The van der Waals surface area contributed by atoms with E-state index in [0.717, 1.165) is 19.5 Å². The smallest absolute Gasteiger partial charge is 0.0604 e. The van der Waals surface area contributed by atoms with Gasteiger partial charge in [-0.2, -0.15) is 0 Å². The largest absolute Gasteiger partial charge is 0.310 e. The first kappa shape index (κ1) is 16.8. The number of hydrogen-bond donors (Lipinski definition) is 1. The predicted octanol–water partition coefficient (Wildman–Crippen LogP) is 3.46. The van der Waals surface area contributed by atoms with E-state index in [9.17, 15) is 0 Å². The van der Waals surface area contributed by atoms with Gasteiger partial charge in [0.15, 0.2) is 0 Å². The molecule has 1 atom stereocenters. The van der Waals surface area contributed by atoms with E-state index in [2.05, 4.69) is 74.2 Å². The third-order valence-corrected chi connectivity index (χ3v) is 3.26. The third kappa shape index (κ3) is 5.77. The summed E-state index contributed by atoms with van der Waals surface area (Å²) >= 11 is 0. The molecule has 0 heterocycles. The molecule has 110 valence electrons. The molecule has 1 rings (SSSR count). The average molecular weight is 272 g/mol. The van der Waals surface area contributed by atoms with Crippen LogP contribution in [0.1, 0.15) is 45.7 Å². The lowest BCUT2D eigenvalue weighted by molar-refractivity contribution is 0.205. The molecule has 0 radical (unpaired) electrons. The van der Waals surface area contributed by atoms with Crippen molar-refractivity contribution in [3.8, 4) is 12.3 Å². The Morgan fingerprint density at radius 1 is 1.25 bits per heavy atom. The van der Waals surface area contributed by atoms with E-state index in [1.165, 1.54) is 5.56 Å². The zero-order valence-electron chi connectivity index (χ0n) is 13.3. The first-order valence-corrected chi connectivity index (χ1v) is 7.45. The van der Waals surface area contributed by atoms with Crippen molar-refractivity contribution < 1.29 is 0 Å². The fraction of sp³-hybridized carbons (Fsp3) is 0.556. The van der Waals surface area contributed by atoms with Crippen LogP contribution >= 0.6 is 0 Å². The van der Waals surface area contributed by atoms with Crippen LogP contribution < -0.4 is 5.32 Å². The molecule has 2 nitrogen and oxygen atoms in total. The van der Waals surface area contributed by atoms with Gasteiger partial charge in [0, 0.05) is 18.1 Å². The van der Waals surface area contributed by atoms with Gasteiger partial charge in [0.05, 0.1) is 6.54 Å². The molecular formula is C18H28N2. The second kappa shape index (κ2) is 8.09. The fourth-order valence-corrected chi connectivity index (χ4v) is 2.29. The lowest BCUT2D eigenvalue weighted by Crippen LogP contribution is -2.43. The first-order valence-electron chi connectivity index (χ1n) is 7.45. The van der Waals surface area contributed by atoms with Crippen molar-refractivity contribution in [3.63, 3.8) is 0 Å². The number of benzene rings is 1. The summed E-state index contributed by atoms with van der Waals surface area (Å²) in [5.41, 5.74) is 1.44. The van der Waals surface area contributed by atoms with Gasteiger partial charge in [-0.05, 0) is 39.3 Å². The van der Waals surface area contributed by atoms with Gasteiger partial charge in [-0.25, -0.2) is 0 Å². The van der Waals surface area contributed by atoms with Gasteiger partial charge in [-0.15, -0.1) is 6.42 Å². The summed E-state index contributed by atoms with van der Waals surface area (Å²) < 4.78 is 0. The Balaban J connectivity index is 2.91. The highest BCUT2D eigenvalue weighted by Crippen LogP contribution is 2.21. The summed E-state index contributed by atoms with van der Waals surface area (Å²) in [6.07, 6.45) is 6.66. The zero-order valence-corrected chi connectivity index (χ0v) is 13.3. The minimum atomic E-state index is 0.112. The molecule has 0 amide bonds. The van der Waals surface area contributed by atoms with Gasteiger partial charge in [0.2, 0.25) is 0 Å². The summed E-state index contributed by atoms with van der Waals surface area (Å²) in [6.45, 7) is 11.4. The van der Waals surface area contributed by atoms with Crippen LogP contribution in [0.25, 0.3) is 0 Å². The zero-order chi connectivity index (χ0) is 15.0. The second-order valence-corrected chi connectivity index (χ2v) is 6.23. The number of terminal acetylenes is 1. The van der Waals surface area contributed by atoms with Crippen molar-refractivity contribution in [3.05, 3.63) is 35.9 Å². The normalized spacial score (nSPS) is 13.2. The van der Waals surface area contributed by atoms with Crippen molar-refractivity contribution in [2.75, 3.05) is 19.6 Å². The highest BCUT2D eigenvalue weighted by atomic mass is 15.2. The van der Waals surface area contributed by atoms with Crippen LogP contribution in [0.15, 0.2) is 30.3 Å². The summed E-state index contributed by atoms with van der Waals surface area (Å²) in [7, 11) is 0. The maximum absolute atomic E-state index is 5.55. The van der Waals surface area contributed by atoms with Crippen LogP contribution in [0.4, 0.5) is 0 Å². The van der Waals surface area contributed by atoms with Crippen molar-refractivity contribution in [2.45, 2.75) is 45.7 Å². The van der Waals surface area contributed by atoms with E-state index < -0.39 is 0 Å². The Bertz CT molecular complexity index is 411. The van der Waals surface area contributed by atoms with Crippen LogP contribution in [0.5, 0.6) is 0 Å². The monoisotopic (exact) mass is 272 g/mol. The third-order valence-electron chi connectivity index (χ3n) is 3.26. The van der Waals surface area contributed by atoms with Crippen molar-refractivity contribution in [2.24, 2.45) is 0 Å². The highest BCUT2D eigenvalue weighted by molar-refractivity contribution is 5.20. The fourth-order valence-electron chi connectivity index (χ4n) is 2.29. The Morgan fingerprint density at radius 2 is 1.90 bits per heavy atom. The Morgan fingerprint density at radius 3 is 2.40 bits per heavy atom. The minimum absolute atomic E-state index is 0.112. The summed E-state index contributed by atoms with van der Waals surface area (Å²) in [4.78, 5) is 2.38. The van der Waals surface area contributed by atoms with E-state index in [1.807, 2.05) is 0 Å². The molecule has 0 aliphatic carbocycles. The number of hydrogen-bond acceptors (Lipinski definition) is 2. The average Bonchev–Trinajstić information content (AvgIpc) is 2.39. The Hall–Kier alpha value is -1.30. The summed E-state index contributed by atoms with van der Waals surface area (Å²) in [5.74, 6) is 2.80. The van der Waals surface area contributed by atoms with Gasteiger partial charge in [-0.1, -0.05) is 43.2 Å². The Kier molecular flexibility index (Phi) is 6.78. The lowest BCUT2D eigenvalue weighted by atomic mass is 10.0. The highest BCUT2D eigenvalue weighted by Gasteiger charge is 2.21. The summed E-state index contributed by atoms with van der Waals surface area (Å²) in [5, 5.41) is 3.61. The SMILES string of the molecule is C#CCN(CCC)C(CNC(C)(C)C)c1ccccc1. The second-order valence-electron chi connectivity index (χ2n) is 6.23. The van der Waals surface area contributed by atoms with E-state index in [4.69, 9.17) is 6.42 Å².